The molecule has 160 valence electrons. The van der Waals surface area contributed by atoms with Gasteiger partial charge in [-0.2, -0.15) is 0 Å². The fourth-order valence-electron chi connectivity index (χ4n) is 3.43. The fraction of sp³-hybridized carbons (Fsp3) is 0.364. The van der Waals surface area contributed by atoms with Gasteiger partial charge in [-0.25, -0.2) is 0 Å². The van der Waals surface area contributed by atoms with E-state index in [9.17, 15) is 9.59 Å². The van der Waals surface area contributed by atoms with Crippen molar-refractivity contribution in [3.8, 4) is 23.0 Å². The normalized spacial score (nSPS) is 14.9. The van der Waals surface area contributed by atoms with Gasteiger partial charge in [0.2, 0.25) is 11.7 Å². The Hall–Kier alpha value is -3.42. The molecule has 8 nitrogen and oxygen atoms in total. The number of aryl methyl sites for hydroxylation is 1. The Kier molecular flexibility index (Phi) is 6.66. The van der Waals surface area contributed by atoms with Gasteiger partial charge in [-0.1, -0.05) is 12.1 Å². The number of anilines is 1. The first kappa shape index (κ1) is 21.3. The number of carbonyl (C=O) groups excluding carboxylic acids is 2. The highest BCUT2D eigenvalue weighted by Gasteiger charge is 2.33. The van der Waals surface area contributed by atoms with E-state index in [1.807, 2.05) is 30.3 Å². The highest BCUT2D eigenvalue weighted by Crippen LogP contribution is 2.39. The van der Waals surface area contributed by atoms with Gasteiger partial charge < -0.3 is 29.2 Å². The molecule has 1 aliphatic rings. The van der Waals surface area contributed by atoms with Gasteiger partial charge in [0.05, 0.1) is 33.6 Å². The third kappa shape index (κ3) is 4.27. The lowest BCUT2D eigenvalue weighted by Crippen LogP contribution is -2.50. The van der Waals surface area contributed by atoms with Gasteiger partial charge in [0.25, 0.3) is 5.91 Å². The SMILES string of the molecule is CNC(=O)C1CN(C(=O)CCc2cc(OC)c(OC)c(OC)c2)c2ccccc2O1. The number of carbonyl (C=O) groups is 2. The zero-order chi connectivity index (χ0) is 21.7. The topological polar surface area (TPSA) is 86.3 Å². The largest absolute Gasteiger partial charge is 0.493 e. The molecule has 3 rings (SSSR count). The van der Waals surface area contributed by atoms with Crippen molar-refractivity contribution >= 4 is 17.5 Å². The summed E-state index contributed by atoms with van der Waals surface area (Å²) in [5.74, 6) is 1.72. The van der Waals surface area contributed by atoms with Gasteiger partial charge in [0.1, 0.15) is 5.75 Å². The molecule has 1 unspecified atom stereocenters. The summed E-state index contributed by atoms with van der Waals surface area (Å²) in [5.41, 5.74) is 1.54. The second kappa shape index (κ2) is 9.39. The molecule has 2 amide bonds. The maximum absolute atomic E-state index is 13.1. The van der Waals surface area contributed by atoms with E-state index in [2.05, 4.69) is 5.32 Å². The van der Waals surface area contributed by atoms with Crippen molar-refractivity contribution in [3.63, 3.8) is 0 Å². The molecule has 0 bridgehead atoms. The van der Waals surface area contributed by atoms with Crippen molar-refractivity contribution in [1.29, 1.82) is 0 Å². The number of amides is 2. The van der Waals surface area contributed by atoms with E-state index in [0.717, 1.165) is 5.56 Å². The predicted molar refractivity (Wildman–Crippen MR) is 112 cm³/mol. The Balaban J connectivity index is 1.79. The molecule has 0 radical (unpaired) electrons. The second-order valence-electron chi connectivity index (χ2n) is 6.73. The minimum atomic E-state index is -0.755. The molecule has 8 heteroatoms. The Morgan fingerprint density at radius 2 is 1.77 bits per heavy atom. The number of nitrogens with zero attached hydrogens (tertiary/aromatic N) is 1. The van der Waals surface area contributed by atoms with Gasteiger partial charge >= 0.3 is 0 Å². The molecular weight excluding hydrogens is 388 g/mol. The molecule has 0 aromatic heterocycles. The summed E-state index contributed by atoms with van der Waals surface area (Å²) in [4.78, 5) is 26.8. The second-order valence-corrected chi connectivity index (χ2v) is 6.73. The van der Waals surface area contributed by atoms with E-state index in [1.165, 1.54) is 0 Å². The van der Waals surface area contributed by atoms with Gasteiger partial charge in [-0.05, 0) is 36.2 Å². The zero-order valence-corrected chi connectivity index (χ0v) is 17.6. The third-order valence-corrected chi connectivity index (χ3v) is 4.97. The molecule has 0 saturated heterocycles. The number of benzene rings is 2. The maximum atomic E-state index is 13.1. The van der Waals surface area contributed by atoms with E-state index < -0.39 is 6.10 Å². The first-order chi connectivity index (χ1) is 14.5. The summed E-state index contributed by atoms with van der Waals surface area (Å²) in [6.45, 7) is 0.158. The van der Waals surface area contributed by atoms with Crippen LogP contribution in [0.3, 0.4) is 0 Å². The Morgan fingerprint density at radius 3 is 2.37 bits per heavy atom. The van der Waals surface area contributed by atoms with Crippen LogP contribution in [-0.2, 0) is 16.0 Å². The van der Waals surface area contributed by atoms with Crippen LogP contribution < -0.4 is 29.2 Å². The zero-order valence-electron chi connectivity index (χ0n) is 17.6. The van der Waals surface area contributed by atoms with Crippen LogP contribution in [0.1, 0.15) is 12.0 Å². The van der Waals surface area contributed by atoms with Crippen molar-refractivity contribution in [2.75, 3.05) is 39.8 Å². The number of likely N-dealkylation sites (N-methyl/N-ethyl adjacent to an activating group) is 1. The monoisotopic (exact) mass is 414 g/mol. The van der Waals surface area contributed by atoms with Crippen molar-refractivity contribution in [1.82, 2.24) is 5.32 Å². The van der Waals surface area contributed by atoms with Gasteiger partial charge in [0.15, 0.2) is 17.6 Å². The Morgan fingerprint density at radius 1 is 1.10 bits per heavy atom. The van der Waals surface area contributed by atoms with E-state index in [0.29, 0.717) is 35.1 Å². The molecule has 30 heavy (non-hydrogen) atoms. The maximum Gasteiger partial charge on any atom is 0.262 e. The van der Waals surface area contributed by atoms with Gasteiger partial charge in [-0.3, -0.25) is 9.59 Å². The standard InChI is InChI=1S/C22H26N2O6/c1-23-22(26)19-13-24(15-7-5-6-8-16(15)30-19)20(25)10-9-14-11-17(27-2)21(29-4)18(12-14)28-3/h5-8,11-12,19H,9-10,13H2,1-4H3,(H,23,26). The molecule has 2 aromatic carbocycles. The molecule has 0 saturated carbocycles. The number of ether oxygens (including phenoxy) is 4. The molecule has 1 atom stereocenters. The molecule has 1 heterocycles. The molecular formula is C22H26N2O6. The van der Waals surface area contributed by atoms with Crippen LogP contribution in [-0.4, -0.2) is 52.8 Å². The van der Waals surface area contributed by atoms with Crippen LogP contribution in [0.25, 0.3) is 0 Å². The van der Waals surface area contributed by atoms with E-state index in [4.69, 9.17) is 18.9 Å². The van der Waals surface area contributed by atoms with Crippen molar-refractivity contribution in [2.45, 2.75) is 18.9 Å². The molecule has 1 aliphatic heterocycles. The molecule has 0 aliphatic carbocycles. The van der Waals surface area contributed by atoms with E-state index >= 15 is 0 Å². The van der Waals surface area contributed by atoms with Crippen LogP contribution in [0.5, 0.6) is 23.0 Å². The number of hydrogen-bond donors (Lipinski definition) is 1. The lowest BCUT2D eigenvalue weighted by Gasteiger charge is -2.34. The van der Waals surface area contributed by atoms with Gasteiger partial charge in [-0.15, -0.1) is 0 Å². The summed E-state index contributed by atoms with van der Waals surface area (Å²) >= 11 is 0. The number of nitrogens with one attached hydrogen (secondary N) is 1. The first-order valence-electron chi connectivity index (χ1n) is 9.58. The molecule has 0 spiro atoms. The van der Waals surface area contributed by atoms with Crippen LogP contribution in [0.2, 0.25) is 0 Å². The molecule has 2 aromatic rings. The minimum Gasteiger partial charge on any atom is -0.493 e. The Bertz CT molecular complexity index is 905. The highest BCUT2D eigenvalue weighted by atomic mass is 16.5. The van der Waals surface area contributed by atoms with E-state index in [1.54, 1.807) is 39.3 Å². The lowest BCUT2D eigenvalue weighted by molar-refractivity contribution is -0.127. The smallest absolute Gasteiger partial charge is 0.262 e. The third-order valence-electron chi connectivity index (χ3n) is 4.97. The summed E-state index contributed by atoms with van der Waals surface area (Å²) in [7, 11) is 6.19. The number of fused-ring (bicyclic) bond motifs is 1. The lowest BCUT2D eigenvalue weighted by atomic mass is 10.1. The van der Waals surface area contributed by atoms with Crippen molar-refractivity contribution in [2.24, 2.45) is 0 Å². The Labute approximate surface area is 175 Å². The summed E-state index contributed by atoms with van der Waals surface area (Å²) < 4.78 is 21.9. The average molecular weight is 414 g/mol. The minimum absolute atomic E-state index is 0.103. The van der Waals surface area contributed by atoms with E-state index in [-0.39, 0.29) is 24.8 Å². The highest BCUT2D eigenvalue weighted by molar-refractivity contribution is 5.97. The summed E-state index contributed by atoms with van der Waals surface area (Å²) in [5, 5.41) is 2.58. The number of methoxy groups -OCH3 is 3. The number of para-hydroxylation sites is 2. The van der Waals surface area contributed by atoms with Crippen LogP contribution in [0.15, 0.2) is 36.4 Å². The summed E-state index contributed by atoms with van der Waals surface area (Å²) in [6.07, 6.45) is -0.0392. The quantitative estimate of drug-likeness (QED) is 0.748. The fourth-order valence-corrected chi connectivity index (χ4v) is 3.43. The predicted octanol–water partition coefficient (Wildman–Crippen LogP) is 2.19. The van der Waals surface area contributed by atoms with Crippen LogP contribution in [0.4, 0.5) is 5.69 Å². The van der Waals surface area contributed by atoms with Crippen molar-refractivity contribution < 1.29 is 28.5 Å². The van der Waals surface area contributed by atoms with Crippen LogP contribution >= 0.6 is 0 Å². The molecule has 1 N–H and O–H groups in total. The number of hydrogen-bond acceptors (Lipinski definition) is 6. The van der Waals surface area contributed by atoms with Gasteiger partial charge in [0, 0.05) is 13.5 Å². The first-order valence-corrected chi connectivity index (χ1v) is 9.58. The van der Waals surface area contributed by atoms with Crippen LogP contribution in [0, 0.1) is 0 Å². The number of rotatable bonds is 7. The average Bonchev–Trinajstić information content (AvgIpc) is 2.80. The summed E-state index contributed by atoms with van der Waals surface area (Å²) in [6, 6.07) is 10.9. The van der Waals surface area contributed by atoms with Crippen molar-refractivity contribution in [3.05, 3.63) is 42.0 Å². The molecule has 0 fully saturated rings.